The van der Waals surface area contributed by atoms with Gasteiger partial charge in [0, 0.05) is 36.4 Å². The number of anilines is 2. The Hall–Kier alpha value is -3.57. The summed E-state index contributed by atoms with van der Waals surface area (Å²) in [5, 5.41) is 20.7. The van der Waals surface area contributed by atoms with Crippen LogP contribution in [0.2, 0.25) is 0 Å². The highest BCUT2D eigenvalue weighted by molar-refractivity contribution is 7.90. The van der Waals surface area contributed by atoms with Crippen LogP contribution in [0.15, 0.2) is 59.1 Å². The normalized spacial score (nSPS) is 11.5. The molecule has 0 aliphatic carbocycles. The number of nitro benzene ring substituents is 1. The maximum absolute atomic E-state index is 11.7. The lowest BCUT2D eigenvalue weighted by molar-refractivity contribution is -0.384. The molecule has 2 N–H and O–H groups in total. The number of hydrogen-bond donors (Lipinski definition) is 2. The summed E-state index contributed by atoms with van der Waals surface area (Å²) in [5.74, 6) is 0.681. The molecule has 0 radical (unpaired) electrons. The number of sulfone groups is 1. The topological polar surface area (TPSA) is 127 Å². The first kappa shape index (κ1) is 22.6. The first-order valence-corrected chi connectivity index (χ1v) is 12.8. The fourth-order valence-electron chi connectivity index (χ4n) is 3.38. The number of thiophene rings is 1. The van der Waals surface area contributed by atoms with Gasteiger partial charge >= 0.3 is 0 Å². The highest BCUT2D eigenvalue weighted by Crippen LogP contribution is 2.36. The number of nitrogens with one attached hydrogen (secondary N) is 2. The predicted octanol–water partition coefficient (Wildman–Crippen LogP) is 4.50. The largest absolute Gasteiger partial charge is 0.378 e. The molecular weight excluding hydrogens is 462 g/mol. The zero-order valence-corrected chi connectivity index (χ0v) is 19.5. The van der Waals surface area contributed by atoms with Crippen molar-refractivity contribution < 1.29 is 13.3 Å². The number of fused-ring (bicyclic) bond motifs is 1. The lowest BCUT2D eigenvalue weighted by atomic mass is 10.0. The first-order valence-electron chi connectivity index (χ1n) is 9.99. The molecule has 0 aliphatic heterocycles. The molecule has 33 heavy (non-hydrogen) atoms. The highest BCUT2D eigenvalue weighted by Gasteiger charge is 2.18. The van der Waals surface area contributed by atoms with E-state index in [0.717, 1.165) is 33.7 Å². The Kier molecular flexibility index (Phi) is 6.25. The maximum atomic E-state index is 11.7. The molecule has 0 atom stereocenters. The minimum Gasteiger partial charge on any atom is -0.378 e. The number of nitrogens with zero attached hydrogens (tertiary/aromatic N) is 3. The number of aryl methyl sites for hydroxylation is 1. The summed E-state index contributed by atoms with van der Waals surface area (Å²) in [6, 6.07) is 12.1. The SMILES string of the molecule is Cc1ccc(-c2csc3ncnc(NCCNc4ccc(S(C)(=O)=O)cc4[N+](=O)[O-])c23)cc1. The maximum Gasteiger partial charge on any atom is 0.293 e. The average molecular weight is 484 g/mol. The molecule has 2 aromatic heterocycles. The lowest BCUT2D eigenvalue weighted by Gasteiger charge is -2.11. The average Bonchev–Trinajstić information content (AvgIpc) is 3.21. The van der Waals surface area contributed by atoms with Gasteiger partial charge in [0.1, 0.15) is 22.7 Å². The summed E-state index contributed by atoms with van der Waals surface area (Å²) in [5.41, 5.74) is 3.25. The van der Waals surface area contributed by atoms with Crippen molar-refractivity contribution >= 4 is 48.6 Å². The van der Waals surface area contributed by atoms with Crippen molar-refractivity contribution in [1.29, 1.82) is 0 Å². The van der Waals surface area contributed by atoms with Crippen LogP contribution in [-0.2, 0) is 9.84 Å². The number of rotatable bonds is 8. The van der Waals surface area contributed by atoms with Crippen LogP contribution < -0.4 is 10.6 Å². The van der Waals surface area contributed by atoms with Crippen molar-refractivity contribution in [3.05, 3.63) is 69.8 Å². The van der Waals surface area contributed by atoms with Crippen LogP contribution in [0.25, 0.3) is 21.3 Å². The van der Waals surface area contributed by atoms with Gasteiger partial charge in [-0.3, -0.25) is 10.1 Å². The summed E-state index contributed by atoms with van der Waals surface area (Å²) in [6.45, 7) is 2.83. The van der Waals surface area contributed by atoms with Crippen LogP contribution in [0.4, 0.5) is 17.2 Å². The Balaban J connectivity index is 1.51. The van der Waals surface area contributed by atoms with E-state index < -0.39 is 14.8 Å². The summed E-state index contributed by atoms with van der Waals surface area (Å²) in [4.78, 5) is 20.3. The summed E-state index contributed by atoms with van der Waals surface area (Å²) in [6.07, 6.45) is 2.52. The Labute approximate surface area is 194 Å². The van der Waals surface area contributed by atoms with Crippen molar-refractivity contribution in [3.8, 4) is 11.1 Å². The number of benzene rings is 2. The second-order valence-electron chi connectivity index (χ2n) is 7.48. The third-order valence-corrected chi connectivity index (χ3v) is 7.06. The number of aromatic nitrogens is 2. The van der Waals surface area contributed by atoms with E-state index in [0.29, 0.717) is 18.9 Å². The van der Waals surface area contributed by atoms with Crippen LogP contribution in [0, 0.1) is 17.0 Å². The number of hydrogen-bond acceptors (Lipinski definition) is 9. The van der Waals surface area contributed by atoms with Crippen molar-refractivity contribution in [1.82, 2.24) is 9.97 Å². The molecule has 2 heterocycles. The highest BCUT2D eigenvalue weighted by atomic mass is 32.2. The minimum atomic E-state index is -3.54. The molecule has 2 aromatic carbocycles. The van der Waals surface area contributed by atoms with E-state index in [1.54, 1.807) is 11.3 Å². The van der Waals surface area contributed by atoms with Crippen LogP contribution in [0.3, 0.4) is 0 Å². The van der Waals surface area contributed by atoms with Gasteiger partial charge in [-0.05, 0) is 24.6 Å². The Morgan fingerprint density at radius 2 is 1.79 bits per heavy atom. The van der Waals surface area contributed by atoms with Gasteiger partial charge < -0.3 is 10.6 Å². The van der Waals surface area contributed by atoms with E-state index in [9.17, 15) is 18.5 Å². The molecule has 0 bridgehead atoms. The summed E-state index contributed by atoms with van der Waals surface area (Å²) >= 11 is 1.54. The Morgan fingerprint density at radius 3 is 2.48 bits per heavy atom. The summed E-state index contributed by atoms with van der Waals surface area (Å²) < 4.78 is 23.4. The van der Waals surface area contributed by atoms with Crippen molar-refractivity contribution in [3.63, 3.8) is 0 Å². The van der Waals surface area contributed by atoms with Crippen molar-refractivity contribution in [2.75, 3.05) is 30.0 Å². The zero-order valence-electron chi connectivity index (χ0n) is 17.9. The van der Waals surface area contributed by atoms with Crippen molar-refractivity contribution in [2.24, 2.45) is 0 Å². The van der Waals surface area contributed by atoms with E-state index in [1.165, 1.54) is 24.0 Å². The second kappa shape index (κ2) is 9.12. The fourth-order valence-corrected chi connectivity index (χ4v) is 4.93. The van der Waals surface area contributed by atoms with Crippen LogP contribution in [0.1, 0.15) is 5.56 Å². The molecule has 0 unspecified atom stereocenters. The molecule has 0 amide bonds. The molecule has 11 heteroatoms. The van der Waals surface area contributed by atoms with E-state index in [-0.39, 0.29) is 16.3 Å². The third kappa shape index (κ3) is 4.94. The minimum absolute atomic E-state index is 0.0951. The van der Waals surface area contributed by atoms with Gasteiger partial charge in [-0.2, -0.15) is 0 Å². The van der Waals surface area contributed by atoms with Gasteiger partial charge in [0.15, 0.2) is 9.84 Å². The van der Waals surface area contributed by atoms with Crippen molar-refractivity contribution in [2.45, 2.75) is 11.8 Å². The monoisotopic (exact) mass is 483 g/mol. The van der Waals surface area contributed by atoms with Gasteiger partial charge in [0.25, 0.3) is 5.69 Å². The molecule has 4 aromatic rings. The molecule has 0 aliphatic rings. The van der Waals surface area contributed by atoms with Gasteiger partial charge in [-0.1, -0.05) is 29.8 Å². The first-order chi connectivity index (χ1) is 15.7. The zero-order chi connectivity index (χ0) is 23.6. The Morgan fingerprint density at radius 1 is 1.06 bits per heavy atom. The van der Waals surface area contributed by atoms with Gasteiger partial charge in [0.2, 0.25) is 0 Å². The van der Waals surface area contributed by atoms with E-state index in [4.69, 9.17) is 0 Å². The van der Waals surface area contributed by atoms with E-state index >= 15 is 0 Å². The van der Waals surface area contributed by atoms with Crippen LogP contribution in [0.5, 0.6) is 0 Å². The standard InChI is InChI=1S/C22H21N5O4S2/c1-14-3-5-15(6-4-14)17-12-32-22-20(17)21(25-13-26-22)24-10-9-23-18-8-7-16(33(2,30)31)11-19(18)27(28)29/h3-8,11-13,23H,9-10H2,1-2H3,(H,24,25,26). The predicted molar refractivity (Wildman–Crippen MR) is 131 cm³/mol. The van der Waals surface area contributed by atoms with E-state index in [2.05, 4.69) is 50.2 Å². The molecule has 0 saturated heterocycles. The van der Waals surface area contributed by atoms with Gasteiger partial charge in [-0.15, -0.1) is 11.3 Å². The molecular formula is C22H21N5O4S2. The van der Waals surface area contributed by atoms with Crippen LogP contribution in [-0.4, -0.2) is 42.7 Å². The fraction of sp³-hybridized carbons (Fsp3) is 0.182. The van der Waals surface area contributed by atoms with Crippen LogP contribution >= 0.6 is 11.3 Å². The van der Waals surface area contributed by atoms with Gasteiger partial charge in [0.05, 0.1) is 15.2 Å². The van der Waals surface area contributed by atoms with Gasteiger partial charge in [-0.25, -0.2) is 18.4 Å². The molecule has 170 valence electrons. The molecule has 0 spiro atoms. The third-order valence-electron chi connectivity index (χ3n) is 5.06. The quantitative estimate of drug-likeness (QED) is 0.213. The molecule has 0 saturated carbocycles. The summed E-state index contributed by atoms with van der Waals surface area (Å²) in [7, 11) is -3.54. The van der Waals surface area contributed by atoms with E-state index in [1.807, 2.05) is 6.92 Å². The number of nitro groups is 1. The molecule has 0 fully saturated rings. The molecule has 4 rings (SSSR count). The lowest BCUT2D eigenvalue weighted by Crippen LogP contribution is -2.15. The molecule has 9 nitrogen and oxygen atoms in total. The second-order valence-corrected chi connectivity index (χ2v) is 10.4. The Bertz CT molecular complexity index is 1430. The smallest absolute Gasteiger partial charge is 0.293 e.